The molecule has 0 saturated carbocycles. The third-order valence-corrected chi connectivity index (χ3v) is 3.84. The number of thioether (sulfide) groups is 1. The van der Waals surface area contributed by atoms with Gasteiger partial charge in [0.25, 0.3) is 0 Å². The van der Waals surface area contributed by atoms with E-state index in [4.69, 9.17) is 0 Å². The van der Waals surface area contributed by atoms with Crippen molar-refractivity contribution in [1.29, 1.82) is 0 Å². The molecule has 0 aliphatic heterocycles. The molecule has 2 rings (SSSR count). The lowest BCUT2D eigenvalue weighted by molar-refractivity contribution is 0.0693. The number of fused-ring (bicyclic) bond motifs is 1. The number of carbonyl (C=O) groups is 1. The Labute approximate surface area is 115 Å². The molecule has 0 aliphatic rings. The first-order chi connectivity index (χ1) is 9.00. The summed E-state index contributed by atoms with van der Waals surface area (Å²) in [5, 5.41) is 14.2. The fourth-order valence-electron chi connectivity index (χ4n) is 1.71. The van der Waals surface area contributed by atoms with Gasteiger partial charge in [0.2, 0.25) is 0 Å². The Balaban J connectivity index is 2.41. The number of rotatable bonds is 5. The summed E-state index contributed by atoms with van der Waals surface area (Å²) in [6.45, 7) is 0.883. The van der Waals surface area contributed by atoms with Gasteiger partial charge in [-0.3, -0.25) is 4.68 Å². The van der Waals surface area contributed by atoms with Crippen LogP contribution in [0.1, 0.15) is 10.4 Å². The lowest BCUT2D eigenvalue weighted by Crippen LogP contribution is -2.15. The fourth-order valence-corrected chi connectivity index (χ4v) is 2.97. The number of aryl methyl sites for hydroxylation is 1. The zero-order valence-electron chi connectivity index (χ0n) is 11.1. The van der Waals surface area contributed by atoms with Crippen molar-refractivity contribution in [2.45, 2.75) is 4.90 Å². The Kier molecular flexibility index (Phi) is 4.06. The standard InChI is InChI=1S/C12H16N4O2S/c1-15(2)4-5-19-10-8-7-14-16(3)11(8)13-6-9(10)12(17)18/h6-7H,4-5H2,1-3H3,(H,17,18). The van der Waals surface area contributed by atoms with Crippen LogP contribution in [-0.2, 0) is 7.05 Å². The summed E-state index contributed by atoms with van der Waals surface area (Å²) in [7, 11) is 5.78. The van der Waals surface area contributed by atoms with E-state index < -0.39 is 5.97 Å². The third-order valence-electron chi connectivity index (χ3n) is 2.73. The maximum atomic E-state index is 11.3. The van der Waals surface area contributed by atoms with Gasteiger partial charge >= 0.3 is 5.97 Å². The summed E-state index contributed by atoms with van der Waals surface area (Å²) in [5.74, 6) is -0.132. The number of aromatic carboxylic acids is 1. The number of hydrogen-bond acceptors (Lipinski definition) is 5. The van der Waals surface area contributed by atoms with E-state index in [-0.39, 0.29) is 5.56 Å². The van der Waals surface area contributed by atoms with Gasteiger partial charge in [0.05, 0.1) is 17.1 Å². The van der Waals surface area contributed by atoms with E-state index in [1.54, 1.807) is 17.9 Å². The molecule has 0 atom stereocenters. The van der Waals surface area contributed by atoms with Crippen molar-refractivity contribution >= 4 is 28.8 Å². The fraction of sp³-hybridized carbons (Fsp3) is 0.417. The number of hydrogen-bond donors (Lipinski definition) is 1. The largest absolute Gasteiger partial charge is 0.478 e. The molecule has 0 radical (unpaired) electrons. The van der Waals surface area contributed by atoms with Crippen molar-refractivity contribution < 1.29 is 9.90 Å². The van der Waals surface area contributed by atoms with E-state index in [0.717, 1.165) is 22.6 Å². The molecule has 0 amide bonds. The highest BCUT2D eigenvalue weighted by molar-refractivity contribution is 7.99. The Morgan fingerprint density at radius 2 is 2.21 bits per heavy atom. The number of carboxylic acids is 1. The lowest BCUT2D eigenvalue weighted by atomic mass is 10.2. The normalized spacial score (nSPS) is 11.4. The number of aromatic nitrogens is 3. The monoisotopic (exact) mass is 280 g/mol. The first-order valence-electron chi connectivity index (χ1n) is 5.82. The van der Waals surface area contributed by atoms with Crippen LogP contribution in [0.15, 0.2) is 17.3 Å². The minimum absolute atomic E-state index is 0.240. The number of nitrogens with zero attached hydrogens (tertiary/aromatic N) is 4. The summed E-state index contributed by atoms with van der Waals surface area (Å²) >= 11 is 1.53. The topological polar surface area (TPSA) is 71.2 Å². The van der Waals surface area contributed by atoms with Crippen molar-refractivity contribution in [3.05, 3.63) is 18.0 Å². The molecule has 0 bridgehead atoms. The molecule has 0 aliphatic carbocycles. The van der Waals surface area contributed by atoms with Crippen LogP contribution in [0.2, 0.25) is 0 Å². The van der Waals surface area contributed by atoms with Crippen molar-refractivity contribution in [1.82, 2.24) is 19.7 Å². The predicted molar refractivity (Wildman–Crippen MR) is 74.7 cm³/mol. The molecule has 1 N–H and O–H groups in total. The molecule has 0 fully saturated rings. The summed E-state index contributed by atoms with van der Waals surface area (Å²) < 4.78 is 1.65. The second-order valence-corrected chi connectivity index (χ2v) is 5.57. The molecule has 102 valence electrons. The van der Waals surface area contributed by atoms with Crippen molar-refractivity contribution in [3.8, 4) is 0 Å². The lowest BCUT2D eigenvalue weighted by Gasteiger charge is -2.10. The van der Waals surface area contributed by atoms with E-state index in [0.29, 0.717) is 5.65 Å². The van der Waals surface area contributed by atoms with Crippen LogP contribution < -0.4 is 0 Å². The SMILES string of the molecule is CN(C)CCSc1c(C(=O)O)cnc2c1cnn2C. The maximum Gasteiger partial charge on any atom is 0.338 e. The molecular weight excluding hydrogens is 264 g/mol. The van der Waals surface area contributed by atoms with E-state index in [1.165, 1.54) is 18.0 Å². The van der Waals surface area contributed by atoms with Gasteiger partial charge in [0, 0.05) is 30.4 Å². The Morgan fingerprint density at radius 1 is 1.47 bits per heavy atom. The van der Waals surface area contributed by atoms with Gasteiger partial charge in [-0.05, 0) is 14.1 Å². The summed E-state index contributed by atoms with van der Waals surface area (Å²) in [6, 6.07) is 0. The Hall–Kier alpha value is -1.60. The highest BCUT2D eigenvalue weighted by Gasteiger charge is 2.17. The van der Waals surface area contributed by atoms with Crippen LogP contribution in [0.25, 0.3) is 11.0 Å². The van der Waals surface area contributed by atoms with E-state index in [1.807, 2.05) is 14.1 Å². The van der Waals surface area contributed by atoms with Crippen LogP contribution in [0.5, 0.6) is 0 Å². The molecule has 19 heavy (non-hydrogen) atoms. The zero-order chi connectivity index (χ0) is 14.0. The second kappa shape index (κ2) is 5.58. The Bertz CT molecular complexity index is 609. The average Bonchev–Trinajstić information content (AvgIpc) is 2.71. The number of carboxylic acid groups (broad SMARTS) is 1. The van der Waals surface area contributed by atoms with Crippen molar-refractivity contribution in [3.63, 3.8) is 0 Å². The molecule has 2 aromatic rings. The third kappa shape index (κ3) is 2.87. The van der Waals surface area contributed by atoms with E-state index in [2.05, 4.69) is 15.0 Å². The van der Waals surface area contributed by atoms with Gasteiger partial charge in [-0.2, -0.15) is 5.10 Å². The maximum absolute atomic E-state index is 11.3. The van der Waals surface area contributed by atoms with Crippen LogP contribution >= 0.6 is 11.8 Å². The average molecular weight is 280 g/mol. The van der Waals surface area contributed by atoms with Gasteiger partial charge in [-0.15, -0.1) is 11.8 Å². The molecule has 7 heteroatoms. The molecule has 0 unspecified atom stereocenters. The van der Waals surface area contributed by atoms with Gasteiger partial charge < -0.3 is 10.0 Å². The van der Waals surface area contributed by atoms with E-state index >= 15 is 0 Å². The quantitative estimate of drug-likeness (QED) is 0.833. The minimum Gasteiger partial charge on any atom is -0.478 e. The van der Waals surface area contributed by atoms with Crippen LogP contribution in [-0.4, -0.2) is 57.1 Å². The first-order valence-corrected chi connectivity index (χ1v) is 6.80. The highest BCUT2D eigenvalue weighted by Crippen LogP contribution is 2.30. The second-order valence-electron chi connectivity index (χ2n) is 4.46. The van der Waals surface area contributed by atoms with Gasteiger partial charge in [0.1, 0.15) is 0 Å². The Morgan fingerprint density at radius 3 is 2.84 bits per heavy atom. The van der Waals surface area contributed by atoms with Crippen molar-refractivity contribution in [2.24, 2.45) is 7.05 Å². The summed E-state index contributed by atoms with van der Waals surface area (Å²) in [6.07, 6.45) is 3.08. The highest BCUT2D eigenvalue weighted by atomic mass is 32.2. The van der Waals surface area contributed by atoms with Crippen molar-refractivity contribution in [2.75, 3.05) is 26.4 Å². The zero-order valence-corrected chi connectivity index (χ0v) is 11.9. The summed E-state index contributed by atoms with van der Waals surface area (Å²) in [4.78, 5) is 18.2. The van der Waals surface area contributed by atoms with Gasteiger partial charge in [-0.1, -0.05) is 0 Å². The molecule has 0 saturated heterocycles. The smallest absolute Gasteiger partial charge is 0.338 e. The van der Waals surface area contributed by atoms with Gasteiger partial charge in [-0.25, -0.2) is 9.78 Å². The minimum atomic E-state index is -0.953. The molecule has 0 aromatic carbocycles. The molecular formula is C12H16N4O2S. The summed E-state index contributed by atoms with van der Waals surface area (Å²) in [5.41, 5.74) is 0.946. The van der Waals surface area contributed by atoms with E-state index in [9.17, 15) is 9.90 Å². The molecule has 2 heterocycles. The molecule has 0 spiro atoms. The first kappa shape index (κ1) is 13.8. The predicted octanol–water partition coefficient (Wildman–Crippen LogP) is 1.32. The van der Waals surface area contributed by atoms with Crippen LogP contribution in [0, 0.1) is 0 Å². The molecule has 6 nitrogen and oxygen atoms in total. The van der Waals surface area contributed by atoms with Crippen LogP contribution in [0.4, 0.5) is 0 Å². The van der Waals surface area contributed by atoms with Crippen LogP contribution in [0.3, 0.4) is 0 Å². The van der Waals surface area contributed by atoms with Gasteiger partial charge in [0.15, 0.2) is 5.65 Å². The molecule has 2 aromatic heterocycles. The number of pyridine rings is 1.